The van der Waals surface area contributed by atoms with Gasteiger partial charge in [0.2, 0.25) is 11.8 Å². The van der Waals surface area contributed by atoms with Crippen molar-refractivity contribution in [1.29, 1.82) is 0 Å². The molecule has 2 saturated carbocycles. The van der Waals surface area contributed by atoms with E-state index in [2.05, 4.69) is 22.1 Å². The van der Waals surface area contributed by atoms with Crippen LogP contribution in [0.4, 0.5) is 5.69 Å². The molecule has 5 rings (SSSR count). The van der Waals surface area contributed by atoms with Crippen LogP contribution >= 0.6 is 11.6 Å². The van der Waals surface area contributed by atoms with Gasteiger partial charge >= 0.3 is 0 Å². The van der Waals surface area contributed by atoms with E-state index in [1.807, 2.05) is 12.1 Å². The number of ether oxygens (including phenoxy) is 2. The molecule has 2 aliphatic heterocycles. The zero-order chi connectivity index (χ0) is 23.2. The van der Waals surface area contributed by atoms with Gasteiger partial charge in [0, 0.05) is 19.5 Å². The topological polar surface area (TPSA) is 79.9 Å². The number of hydrogen-bond donors (Lipinski definition) is 2. The first-order valence-corrected chi connectivity index (χ1v) is 12.3. The highest BCUT2D eigenvalue weighted by molar-refractivity contribution is 6.33. The average Bonchev–Trinajstić information content (AvgIpc) is 2.68. The summed E-state index contributed by atoms with van der Waals surface area (Å²) in [4.78, 5) is 25.9. The lowest BCUT2D eigenvalue weighted by atomic mass is 9.52. The molecule has 33 heavy (non-hydrogen) atoms. The Morgan fingerprint density at radius 2 is 2.06 bits per heavy atom. The normalized spacial score (nSPS) is 24.4. The third kappa shape index (κ3) is 4.27. The molecule has 4 aliphatic rings. The quantitative estimate of drug-likeness (QED) is 0.442. The minimum Gasteiger partial charge on any atom is -0.493 e. The Morgan fingerprint density at radius 1 is 1.30 bits per heavy atom. The third-order valence-electron chi connectivity index (χ3n) is 7.86. The minimum atomic E-state index is -0.445. The molecule has 1 aromatic rings. The number of methoxy groups -OCH3 is 1. The Kier molecular flexibility index (Phi) is 5.93. The lowest BCUT2D eigenvalue weighted by Crippen LogP contribution is -2.58. The van der Waals surface area contributed by atoms with Crippen molar-refractivity contribution >= 4 is 29.1 Å². The van der Waals surface area contributed by atoms with Gasteiger partial charge < -0.3 is 19.7 Å². The van der Waals surface area contributed by atoms with E-state index >= 15 is 0 Å². The van der Waals surface area contributed by atoms with Gasteiger partial charge in [-0.3, -0.25) is 14.9 Å². The number of carbonyl (C=O) groups is 2. The summed E-state index contributed by atoms with van der Waals surface area (Å²) in [5.74, 6) is 0.889. The second-order valence-corrected chi connectivity index (χ2v) is 10.5. The number of amides is 2. The van der Waals surface area contributed by atoms with Crippen LogP contribution < -0.4 is 20.3 Å². The first-order chi connectivity index (χ1) is 15.9. The van der Waals surface area contributed by atoms with Crippen LogP contribution in [-0.2, 0) is 14.3 Å². The van der Waals surface area contributed by atoms with Crippen LogP contribution in [0.5, 0.6) is 5.75 Å². The maximum Gasteiger partial charge on any atom is 0.234 e. The van der Waals surface area contributed by atoms with Gasteiger partial charge in [-0.25, -0.2) is 0 Å². The summed E-state index contributed by atoms with van der Waals surface area (Å²) in [6, 6.07) is 4.06. The van der Waals surface area contributed by atoms with Crippen molar-refractivity contribution < 1.29 is 19.1 Å². The predicted octanol–water partition coefficient (Wildman–Crippen LogP) is 3.72. The Morgan fingerprint density at radius 3 is 2.70 bits per heavy atom. The molecule has 2 aliphatic carbocycles. The van der Waals surface area contributed by atoms with Crippen molar-refractivity contribution in [2.75, 3.05) is 31.7 Å². The van der Waals surface area contributed by atoms with E-state index in [1.54, 1.807) is 7.11 Å². The van der Waals surface area contributed by atoms with Crippen LogP contribution in [0.3, 0.4) is 0 Å². The van der Waals surface area contributed by atoms with Gasteiger partial charge in [0.25, 0.3) is 0 Å². The van der Waals surface area contributed by atoms with E-state index in [9.17, 15) is 9.59 Å². The van der Waals surface area contributed by atoms with E-state index in [-0.39, 0.29) is 17.9 Å². The maximum atomic E-state index is 12.3. The standard InChI is InChI=1S/C25H32ClN3O4/c1-15(33-14-16-10-25(11-16)8-3-9-25)27-17-12-29(13-17)20-6-4-18(22(26)23(20)32-2)19-5-7-21(30)28-24(19)31/h4,6,16-17,19,27H,1,3,5,7-14H2,2H3,(H,28,30,31). The Hall–Kier alpha value is -2.41. The summed E-state index contributed by atoms with van der Waals surface area (Å²) in [5, 5.41) is 6.20. The molecule has 1 spiro atoms. The van der Waals surface area contributed by atoms with Crippen LogP contribution in [0.2, 0.25) is 5.02 Å². The van der Waals surface area contributed by atoms with Crippen molar-refractivity contribution in [2.24, 2.45) is 11.3 Å². The molecular weight excluding hydrogens is 442 g/mol. The van der Waals surface area contributed by atoms with E-state index in [4.69, 9.17) is 21.1 Å². The van der Waals surface area contributed by atoms with Crippen LogP contribution in [0.1, 0.15) is 56.4 Å². The molecule has 8 heteroatoms. The lowest BCUT2D eigenvalue weighted by Gasteiger charge is -2.54. The van der Waals surface area contributed by atoms with Crippen molar-refractivity contribution in [1.82, 2.24) is 10.6 Å². The molecule has 2 heterocycles. The summed E-state index contributed by atoms with van der Waals surface area (Å²) < 4.78 is 11.5. The number of piperidine rings is 1. The summed E-state index contributed by atoms with van der Waals surface area (Å²) >= 11 is 6.65. The molecule has 0 radical (unpaired) electrons. The van der Waals surface area contributed by atoms with Gasteiger partial charge in [-0.2, -0.15) is 0 Å². The largest absolute Gasteiger partial charge is 0.493 e. The van der Waals surface area contributed by atoms with Crippen LogP contribution in [0.15, 0.2) is 24.6 Å². The highest BCUT2D eigenvalue weighted by Gasteiger charge is 2.48. The van der Waals surface area contributed by atoms with Crippen molar-refractivity contribution in [3.05, 3.63) is 35.2 Å². The predicted molar refractivity (Wildman–Crippen MR) is 126 cm³/mol. The minimum absolute atomic E-state index is 0.240. The van der Waals surface area contributed by atoms with E-state index in [1.165, 1.54) is 32.1 Å². The lowest BCUT2D eigenvalue weighted by molar-refractivity contribution is -0.134. The van der Waals surface area contributed by atoms with Crippen LogP contribution in [0.25, 0.3) is 0 Å². The summed E-state index contributed by atoms with van der Waals surface area (Å²) in [6.07, 6.45) is 7.59. The monoisotopic (exact) mass is 473 g/mol. The first-order valence-electron chi connectivity index (χ1n) is 11.9. The van der Waals surface area contributed by atoms with Crippen LogP contribution in [0, 0.1) is 11.3 Å². The van der Waals surface area contributed by atoms with Gasteiger partial charge in [-0.15, -0.1) is 0 Å². The number of imide groups is 1. The molecule has 1 aromatic carbocycles. The smallest absolute Gasteiger partial charge is 0.234 e. The fourth-order valence-electron chi connectivity index (χ4n) is 5.89. The van der Waals surface area contributed by atoms with E-state index in [0.717, 1.165) is 25.4 Å². The number of anilines is 1. The number of nitrogens with one attached hydrogen (secondary N) is 2. The molecule has 0 bridgehead atoms. The molecule has 7 nitrogen and oxygen atoms in total. The summed E-state index contributed by atoms with van der Waals surface area (Å²) in [5.41, 5.74) is 2.26. The van der Waals surface area contributed by atoms with Gasteiger partial charge in [0.1, 0.15) is 0 Å². The molecule has 0 aromatic heterocycles. The van der Waals surface area contributed by atoms with Gasteiger partial charge in [-0.1, -0.05) is 24.1 Å². The molecule has 2 N–H and O–H groups in total. The zero-order valence-corrected chi connectivity index (χ0v) is 19.9. The highest BCUT2D eigenvalue weighted by Crippen LogP contribution is 2.58. The molecule has 1 atom stereocenters. The van der Waals surface area contributed by atoms with E-state index < -0.39 is 5.92 Å². The SMILES string of the molecule is C=C(NC1CN(c2ccc(C3CCC(=O)NC3=O)c(Cl)c2OC)C1)OCC1CC2(CCC2)C1. The number of carbonyl (C=O) groups excluding carboxylic acids is 2. The Bertz CT molecular complexity index is 963. The summed E-state index contributed by atoms with van der Waals surface area (Å²) in [6.45, 7) is 6.35. The van der Waals surface area contributed by atoms with Crippen molar-refractivity contribution in [2.45, 2.75) is 56.9 Å². The van der Waals surface area contributed by atoms with Crippen LogP contribution in [-0.4, -0.2) is 44.7 Å². The van der Waals surface area contributed by atoms with Gasteiger partial charge in [0.05, 0.1) is 36.4 Å². The summed E-state index contributed by atoms with van der Waals surface area (Å²) in [7, 11) is 1.58. The van der Waals surface area contributed by atoms with Gasteiger partial charge in [0.15, 0.2) is 11.6 Å². The first kappa shape index (κ1) is 22.4. The number of benzene rings is 1. The number of hydrogen-bond acceptors (Lipinski definition) is 6. The Labute approximate surface area is 199 Å². The molecule has 2 amide bonds. The van der Waals surface area contributed by atoms with E-state index in [0.29, 0.717) is 46.4 Å². The second-order valence-electron chi connectivity index (χ2n) is 10.1. The Balaban J connectivity index is 1.13. The van der Waals surface area contributed by atoms with Gasteiger partial charge in [-0.05, 0) is 61.6 Å². The number of halogens is 1. The fourth-order valence-corrected chi connectivity index (χ4v) is 6.25. The van der Waals surface area contributed by atoms with Crippen molar-refractivity contribution in [3.8, 4) is 5.75 Å². The molecular formula is C25H32ClN3O4. The third-order valence-corrected chi connectivity index (χ3v) is 8.25. The molecule has 178 valence electrons. The maximum absolute atomic E-state index is 12.3. The zero-order valence-electron chi connectivity index (χ0n) is 19.1. The highest BCUT2D eigenvalue weighted by atomic mass is 35.5. The fraction of sp³-hybridized carbons (Fsp3) is 0.600. The molecule has 2 saturated heterocycles. The number of rotatable bonds is 8. The number of nitrogens with zero attached hydrogens (tertiary/aromatic N) is 1. The average molecular weight is 474 g/mol. The molecule has 4 fully saturated rings. The second kappa shape index (κ2) is 8.75. The molecule has 1 unspecified atom stereocenters. The van der Waals surface area contributed by atoms with Crippen molar-refractivity contribution in [3.63, 3.8) is 0 Å².